The Kier molecular flexibility index (Phi) is 5.85. The molecule has 0 aliphatic carbocycles. The molecule has 3 aromatic rings. The molecule has 0 aliphatic rings. The minimum atomic E-state index is -0.0371. The lowest BCUT2D eigenvalue weighted by Crippen LogP contribution is -2.27. The molecule has 0 saturated heterocycles. The fraction of sp³-hybridized carbons (Fsp3) is 0.211. The molecule has 0 radical (unpaired) electrons. The maximum atomic E-state index is 12.8. The van der Waals surface area contributed by atoms with Crippen LogP contribution in [0.5, 0.6) is 0 Å². The van der Waals surface area contributed by atoms with Crippen LogP contribution >= 0.6 is 11.8 Å². The van der Waals surface area contributed by atoms with E-state index in [2.05, 4.69) is 27.3 Å². The first-order valence-electron chi connectivity index (χ1n) is 8.09. The molecule has 0 atom stereocenters. The predicted molar refractivity (Wildman–Crippen MR) is 99.5 cm³/mol. The minimum absolute atomic E-state index is 0.0371. The van der Waals surface area contributed by atoms with Crippen molar-refractivity contribution >= 4 is 17.7 Å². The first-order valence-corrected chi connectivity index (χ1v) is 9.08. The van der Waals surface area contributed by atoms with Gasteiger partial charge in [-0.15, -0.1) is 11.8 Å². The number of aromatic amines is 1. The molecule has 0 unspecified atom stereocenters. The molecule has 5 nitrogen and oxygen atoms in total. The van der Waals surface area contributed by atoms with Crippen LogP contribution in [0, 0.1) is 0 Å². The summed E-state index contributed by atoms with van der Waals surface area (Å²) in [6.45, 7) is 0.488. The number of nitrogens with zero attached hydrogens (tertiary/aromatic N) is 3. The number of rotatable bonds is 7. The first-order chi connectivity index (χ1) is 12.2. The second-order valence-electron chi connectivity index (χ2n) is 5.68. The maximum Gasteiger partial charge on any atom is 0.256 e. The number of hydrogen-bond donors (Lipinski definition) is 1. The second kappa shape index (κ2) is 8.48. The third kappa shape index (κ3) is 4.70. The lowest BCUT2D eigenvalue weighted by atomic mass is 10.2. The van der Waals surface area contributed by atoms with Crippen LogP contribution in [0.3, 0.4) is 0 Å². The molecule has 25 heavy (non-hydrogen) atoms. The fourth-order valence-corrected chi connectivity index (χ4v) is 3.46. The van der Waals surface area contributed by atoms with Crippen molar-refractivity contribution in [3.05, 3.63) is 77.7 Å². The van der Waals surface area contributed by atoms with Gasteiger partial charge in [0.05, 0.1) is 17.8 Å². The number of amides is 1. The van der Waals surface area contributed by atoms with Gasteiger partial charge in [-0.05, 0) is 30.2 Å². The van der Waals surface area contributed by atoms with Gasteiger partial charge in [-0.2, -0.15) is 5.10 Å². The van der Waals surface area contributed by atoms with Gasteiger partial charge in [0.1, 0.15) is 5.03 Å². The Morgan fingerprint density at radius 1 is 1.12 bits per heavy atom. The maximum absolute atomic E-state index is 12.8. The van der Waals surface area contributed by atoms with Gasteiger partial charge in [0.25, 0.3) is 5.91 Å². The van der Waals surface area contributed by atoms with Crippen molar-refractivity contribution in [3.8, 4) is 0 Å². The molecule has 128 valence electrons. The Labute approximate surface area is 151 Å². The van der Waals surface area contributed by atoms with E-state index < -0.39 is 0 Å². The smallest absolute Gasteiger partial charge is 0.256 e. The number of aryl methyl sites for hydroxylation is 1. The number of thioether (sulfide) groups is 1. The van der Waals surface area contributed by atoms with E-state index >= 15 is 0 Å². The first kappa shape index (κ1) is 17.2. The van der Waals surface area contributed by atoms with Crippen molar-refractivity contribution in [2.45, 2.75) is 18.0 Å². The minimum Gasteiger partial charge on any atom is -0.336 e. The Hall–Kier alpha value is -2.60. The second-order valence-corrected chi connectivity index (χ2v) is 6.77. The Morgan fingerprint density at radius 3 is 2.72 bits per heavy atom. The van der Waals surface area contributed by atoms with Crippen molar-refractivity contribution in [2.24, 2.45) is 0 Å². The quantitative estimate of drug-likeness (QED) is 0.662. The summed E-state index contributed by atoms with van der Waals surface area (Å²) >= 11 is 1.62. The fourth-order valence-electron chi connectivity index (χ4n) is 2.48. The molecule has 0 spiro atoms. The van der Waals surface area contributed by atoms with Crippen LogP contribution in [-0.2, 0) is 13.0 Å². The number of hydrogen-bond acceptors (Lipinski definition) is 4. The summed E-state index contributed by atoms with van der Waals surface area (Å²) in [5, 5.41) is 7.57. The van der Waals surface area contributed by atoms with E-state index in [0.29, 0.717) is 12.1 Å². The number of carbonyl (C=O) groups is 1. The van der Waals surface area contributed by atoms with Crippen LogP contribution in [-0.4, -0.2) is 38.8 Å². The average molecular weight is 352 g/mol. The summed E-state index contributed by atoms with van der Waals surface area (Å²) in [4.78, 5) is 18.8. The van der Waals surface area contributed by atoms with E-state index in [1.807, 2.05) is 30.3 Å². The van der Waals surface area contributed by atoms with Crippen LogP contribution in [0.2, 0.25) is 0 Å². The highest BCUT2D eigenvalue weighted by atomic mass is 32.2. The lowest BCUT2D eigenvalue weighted by Gasteiger charge is -2.17. The molecule has 2 aromatic heterocycles. The average Bonchev–Trinajstić information content (AvgIpc) is 3.15. The number of H-pyrrole nitrogens is 1. The molecule has 1 N–H and O–H groups in total. The zero-order chi connectivity index (χ0) is 17.5. The van der Waals surface area contributed by atoms with Crippen molar-refractivity contribution in [1.82, 2.24) is 20.1 Å². The van der Waals surface area contributed by atoms with E-state index in [0.717, 1.165) is 22.9 Å². The van der Waals surface area contributed by atoms with Gasteiger partial charge in [0.2, 0.25) is 0 Å². The van der Waals surface area contributed by atoms with Gasteiger partial charge < -0.3 is 4.90 Å². The third-order valence-electron chi connectivity index (χ3n) is 3.79. The highest BCUT2D eigenvalue weighted by molar-refractivity contribution is 7.99. The van der Waals surface area contributed by atoms with Gasteiger partial charge in [0.15, 0.2) is 0 Å². The molecular weight excluding hydrogens is 332 g/mol. The predicted octanol–water partition coefficient (Wildman–Crippen LogP) is 3.41. The zero-order valence-electron chi connectivity index (χ0n) is 14.1. The topological polar surface area (TPSA) is 61.9 Å². The van der Waals surface area contributed by atoms with Gasteiger partial charge in [-0.1, -0.05) is 30.3 Å². The monoisotopic (exact) mass is 352 g/mol. The largest absolute Gasteiger partial charge is 0.336 e. The molecule has 0 bridgehead atoms. The molecule has 0 saturated carbocycles. The SMILES string of the molecule is CN(Cc1ccn[nH]1)C(=O)c1cccnc1SCCc1ccccc1. The van der Waals surface area contributed by atoms with Gasteiger partial charge >= 0.3 is 0 Å². The summed E-state index contributed by atoms with van der Waals surface area (Å²) in [5.74, 6) is 0.843. The van der Waals surface area contributed by atoms with E-state index in [1.165, 1.54) is 5.56 Å². The Balaban J connectivity index is 1.64. The van der Waals surface area contributed by atoms with E-state index in [1.54, 1.807) is 42.2 Å². The lowest BCUT2D eigenvalue weighted by molar-refractivity contribution is 0.0779. The van der Waals surface area contributed by atoms with Crippen LogP contribution in [0.15, 0.2) is 66.0 Å². The van der Waals surface area contributed by atoms with Gasteiger partial charge in [-0.25, -0.2) is 4.98 Å². The van der Waals surface area contributed by atoms with Crippen molar-refractivity contribution in [2.75, 3.05) is 12.8 Å². The molecule has 0 aliphatic heterocycles. The number of pyridine rings is 1. The number of carbonyl (C=O) groups excluding carboxylic acids is 1. The van der Waals surface area contributed by atoms with Crippen LogP contribution in [0.4, 0.5) is 0 Å². The van der Waals surface area contributed by atoms with E-state index in [9.17, 15) is 4.79 Å². The van der Waals surface area contributed by atoms with Crippen LogP contribution in [0.1, 0.15) is 21.6 Å². The summed E-state index contributed by atoms with van der Waals surface area (Å²) < 4.78 is 0. The summed E-state index contributed by atoms with van der Waals surface area (Å²) in [5.41, 5.74) is 2.83. The standard InChI is InChI=1S/C19H20N4OS/c1-23(14-16-9-12-21-22-16)19(24)17-8-5-11-20-18(17)25-13-10-15-6-3-2-4-7-15/h2-9,11-12H,10,13-14H2,1H3,(H,21,22). The molecular formula is C19H20N4OS. The molecule has 1 amide bonds. The highest BCUT2D eigenvalue weighted by Gasteiger charge is 2.17. The van der Waals surface area contributed by atoms with Crippen molar-refractivity contribution < 1.29 is 4.79 Å². The van der Waals surface area contributed by atoms with Crippen molar-refractivity contribution in [1.29, 1.82) is 0 Å². The Morgan fingerprint density at radius 2 is 1.96 bits per heavy atom. The van der Waals surface area contributed by atoms with Crippen LogP contribution in [0.25, 0.3) is 0 Å². The number of aromatic nitrogens is 3. The normalized spacial score (nSPS) is 10.6. The van der Waals surface area contributed by atoms with Gasteiger partial charge in [-0.3, -0.25) is 9.89 Å². The molecule has 2 heterocycles. The van der Waals surface area contributed by atoms with Crippen molar-refractivity contribution in [3.63, 3.8) is 0 Å². The number of nitrogens with one attached hydrogen (secondary N) is 1. The number of benzene rings is 1. The van der Waals surface area contributed by atoms with E-state index in [-0.39, 0.29) is 5.91 Å². The Bertz CT molecular complexity index is 805. The summed E-state index contributed by atoms with van der Waals surface area (Å²) in [6.07, 6.45) is 4.36. The third-order valence-corrected chi connectivity index (χ3v) is 4.79. The van der Waals surface area contributed by atoms with E-state index in [4.69, 9.17) is 0 Å². The molecule has 3 rings (SSSR count). The summed E-state index contributed by atoms with van der Waals surface area (Å²) in [6, 6.07) is 15.8. The molecule has 1 aromatic carbocycles. The molecule has 0 fully saturated rings. The molecule has 6 heteroatoms. The van der Waals surface area contributed by atoms with Crippen LogP contribution < -0.4 is 0 Å². The van der Waals surface area contributed by atoms with Gasteiger partial charge in [0, 0.05) is 25.2 Å². The summed E-state index contributed by atoms with van der Waals surface area (Å²) in [7, 11) is 1.79. The zero-order valence-corrected chi connectivity index (χ0v) is 14.9. The highest BCUT2D eigenvalue weighted by Crippen LogP contribution is 2.22.